The van der Waals surface area contributed by atoms with E-state index in [4.69, 9.17) is 5.73 Å². The van der Waals surface area contributed by atoms with Crippen molar-refractivity contribution in [3.8, 4) is 0 Å². The maximum atomic E-state index is 11.7. The summed E-state index contributed by atoms with van der Waals surface area (Å²) in [7, 11) is 0. The zero-order chi connectivity index (χ0) is 11.7. The Balaban J connectivity index is 2.56. The summed E-state index contributed by atoms with van der Waals surface area (Å²) >= 11 is 0. The molecule has 2 heterocycles. The average Bonchev–Trinajstić information content (AvgIpc) is 2.20. The number of aromatic amines is 1. The molecule has 0 unspecified atom stereocenters. The van der Waals surface area contributed by atoms with Gasteiger partial charge in [0.05, 0.1) is 6.54 Å². The highest BCUT2D eigenvalue weighted by atomic mass is 16.1. The highest BCUT2D eigenvalue weighted by Gasteiger charge is 2.21. The van der Waals surface area contributed by atoms with E-state index in [-0.39, 0.29) is 11.5 Å². The van der Waals surface area contributed by atoms with Crippen molar-refractivity contribution < 1.29 is 0 Å². The van der Waals surface area contributed by atoms with Gasteiger partial charge in [-0.25, -0.2) is 4.99 Å². The number of nitrogens with zero attached hydrogens (tertiary/aromatic N) is 3. The molecule has 0 aliphatic carbocycles. The molecule has 0 radical (unpaired) electrons. The van der Waals surface area contributed by atoms with E-state index in [1.165, 1.54) is 0 Å². The summed E-state index contributed by atoms with van der Waals surface area (Å²) in [6, 6.07) is 0. The molecule has 1 aromatic heterocycles. The van der Waals surface area contributed by atoms with Crippen LogP contribution in [0.25, 0.3) is 0 Å². The third-order valence-corrected chi connectivity index (χ3v) is 2.41. The monoisotopic (exact) mass is 221 g/mol. The molecule has 3 N–H and O–H groups in total. The molecule has 6 nitrogen and oxygen atoms in total. The van der Waals surface area contributed by atoms with Gasteiger partial charge < -0.3 is 10.6 Å². The number of hydrogen-bond donors (Lipinski definition) is 2. The number of H-pyrrole nitrogens is 1. The van der Waals surface area contributed by atoms with Crippen LogP contribution in [0.5, 0.6) is 0 Å². The molecule has 1 aliphatic rings. The predicted molar refractivity (Wildman–Crippen MR) is 64.5 cm³/mol. The molecule has 0 bridgehead atoms. The van der Waals surface area contributed by atoms with E-state index in [1.807, 2.05) is 11.8 Å². The van der Waals surface area contributed by atoms with Gasteiger partial charge >= 0.3 is 0 Å². The molecule has 0 spiro atoms. The van der Waals surface area contributed by atoms with Crippen LogP contribution in [0.4, 0.5) is 17.5 Å². The molecule has 0 saturated carbocycles. The first-order valence-corrected chi connectivity index (χ1v) is 5.30. The van der Waals surface area contributed by atoms with Gasteiger partial charge in [0.15, 0.2) is 11.5 Å². The lowest BCUT2D eigenvalue weighted by Gasteiger charge is -2.27. The van der Waals surface area contributed by atoms with Gasteiger partial charge in [-0.05, 0) is 13.3 Å². The minimum atomic E-state index is -0.275. The molecule has 0 saturated heterocycles. The van der Waals surface area contributed by atoms with E-state index < -0.39 is 0 Å². The van der Waals surface area contributed by atoms with Crippen molar-refractivity contribution in [3.63, 3.8) is 0 Å². The number of nitrogen functional groups attached to an aromatic ring is 1. The summed E-state index contributed by atoms with van der Waals surface area (Å²) in [5, 5.41) is 0. The fourth-order valence-electron chi connectivity index (χ4n) is 1.83. The second-order valence-electron chi connectivity index (χ2n) is 3.89. The van der Waals surface area contributed by atoms with Crippen LogP contribution in [0.1, 0.15) is 20.3 Å². The van der Waals surface area contributed by atoms with Crippen LogP contribution in [-0.2, 0) is 0 Å². The highest BCUT2D eigenvalue weighted by Crippen LogP contribution is 2.26. The smallest absolute Gasteiger partial charge is 0.280 e. The standard InChI is InChI=1S/C10H15N5O/c1-3-4-15-5-6(2)12-7-8(15)13-10(11)14-9(7)16/h3-5H2,1-2H3,(H3,11,13,14,16). The molecular weight excluding hydrogens is 206 g/mol. The van der Waals surface area contributed by atoms with Crippen LogP contribution in [0, 0.1) is 0 Å². The Kier molecular flexibility index (Phi) is 2.64. The van der Waals surface area contributed by atoms with Crippen molar-refractivity contribution in [2.45, 2.75) is 20.3 Å². The maximum absolute atomic E-state index is 11.7. The molecule has 2 rings (SSSR count). The Labute approximate surface area is 93.2 Å². The summed E-state index contributed by atoms with van der Waals surface area (Å²) < 4.78 is 0. The van der Waals surface area contributed by atoms with Gasteiger partial charge in [-0.2, -0.15) is 4.98 Å². The Hall–Kier alpha value is -1.85. The number of nitrogens with one attached hydrogen (secondary N) is 1. The highest BCUT2D eigenvalue weighted by molar-refractivity contribution is 5.93. The van der Waals surface area contributed by atoms with E-state index in [0.717, 1.165) is 18.7 Å². The van der Waals surface area contributed by atoms with Crippen molar-refractivity contribution >= 4 is 23.2 Å². The number of aromatic nitrogens is 2. The van der Waals surface area contributed by atoms with E-state index in [0.29, 0.717) is 18.1 Å². The van der Waals surface area contributed by atoms with Crippen LogP contribution in [0.15, 0.2) is 9.79 Å². The maximum Gasteiger partial charge on any atom is 0.280 e. The topological polar surface area (TPSA) is 87.4 Å². The van der Waals surface area contributed by atoms with Crippen molar-refractivity contribution in [2.24, 2.45) is 4.99 Å². The number of anilines is 2. The predicted octanol–water partition coefficient (Wildman–Crippen LogP) is 0.675. The van der Waals surface area contributed by atoms with Gasteiger partial charge in [0, 0.05) is 12.3 Å². The second kappa shape index (κ2) is 3.96. The molecular formula is C10H15N5O. The van der Waals surface area contributed by atoms with Crippen LogP contribution < -0.4 is 16.2 Å². The summed E-state index contributed by atoms with van der Waals surface area (Å²) in [4.78, 5) is 24.5. The number of nitrogens with two attached hydrogens (primary N) is 1. The van der Waals surface area contributed by atoms with Crippen LogP contribution in [-0.4, -0.2) is 28.8 Å². The molecule has 0 atom stereocenters. The average molecular weight is 221 g/mol. The van der Waals surface area contributed by atoms with Gasteiger partial charge in [-0.3, -0.25) is 9.78 Å². The normalized spacial score (nSPS) is 14.6. The number of fused-ring (bicyclic) bond motifs is 1. The fourth-order valence-corrected chi connectivity index (χ4v) is 1.83. The van der Waals surface area contributed by atoms with Crippen molar-refractivity contribution in [2.75, 3.05) is 23.7 Å². The molecule has 1 aliphatic heterocycles. The molecule has 86 valence electrons. The number of rotatable bonds is 2. The summed E-state index contributed by atoms with van der Waals surface area (Å²) in [6.45, 7) is 5.53. The number of hydrogen-bond acceptors (Lipinski definition) is 5. The van der Waals surface area contributed by atoms with Crippen molar-refractivity contribution in [3.05, 3.63) is 10.4 Å². The molecule has 6 heteroatoms. The third kappa shape index (κ3) is 1.78. The zero-order valence-electron chi connectivity index (χ0n) is 9.45. The molecule has 0 amide bonds. The van der Waals surface area contributed by atoms with Gasteiger partial charge in [0.25, 0.3) is 5.56 Å². The number of aliphatic imine (C=N–C) groups is 1. The van der Waals surface area contributed by atoms with Crippen molar-refractivity contribution in [1.82, 2.24) is 9.97 Å². The largest absolute Gasteiger partial charge is 0.369 e. The lowest BCUT2D eigenvalue weighted by Crippen LogP contribution is -2.34. The van der Waals surface area contributed by atoms with Crippen molar-refractivity contribution in [1.29, 1.82) is 0 Å². The Morgan fingerprint density at radius 1 is 1.56 bits per heavy atom. The summed E-state index contributed by atoms with van der Waals surface area (Å²) in [6.07, 6.45) is 0.987. The lowest BCUT2D eigenvalue weighted by atomic mass is 10.2. The Bertz CT molecular complexity index is 490. The van der Waals surface area contributed by atoms with E-state index >= 15 is 0 Å². The molecule has 1 aromatic rings. The summed E-state index contributed by atoms with van der Waals surface area (Å²) in [5.41, 5.74) is 6.54. The quantitative estimate of drug-likeness (QED) is 0.768. The van der Waals surface area contributed by atoms with Gasteiger partial charge in [-0.1, -0.05) is 6.92 Å². The molecule has 0 fully saturated rings. The summed E-state index contributed by atoms with van der Waals surface area (Å²) in [5.74, 6) is 0.730. The first-order valence-electron chi connectivity index (χ1n) is 5.30. The molecule has 0 aromatic carbocycles. The minimum Gasteiger partial charge on any atom is -0.369 e. The van der Waals surface area contributed by atoms with Gasteiger partial charge in [0.2, 0.25) is 5.95 Å². The van der Waals surface area contributed by atoms with Gasteiger partial charge in [0.1, 0.15) is 0 Å². The second-order valence-corrected chi connectivity index (χ2v) is 3.89. The van der Waals surface area contributed by atoms with Crippen LogP contribution >= 0.6 is 0 Å². The Morgan fingerprint density at radius 2 is 2.31 bits per heavy atom. The first kappa shape index (κ1) is 10.7. The van der Waals surface area contributed by atoms with E-state index in [9.17, 15) is 4.79 Å². The SMILES string of the molecule is CCCN1CC(C)=Nc2c1nc(N)[nH]c2=O. The lowest BCUT2D eigenvalue weighted by molar-refractivity contribution is 0.801. The van der Waals surface area contributed by atoms with E-state index in [2.05, 4.69) is 21.9 Å². The van der Waals surface area contributed by atoms with E-state index in [1.54, 1.807) is 0 Å². The first-order chi connectivity index (χ1) is 7.61. The van der Waals surface area contributed by atoms with Crippen LogP contribution in [0.3, 0.4) is 0 Å². The Morgan fingerprint density at radius 3 is 3.00 bits per heavy atom. The van der Waals surface area contributed by atoms with Crippen LogP contribution in [0.2, 0.25) is 0 Å². The minimum absolute atomic E-state index is 0.139. The zero-order valence-corrected chi connectivity index (χ0v) is 9.45. The third-order valence-electron chi connectivity index (χ3n) is 2.41. The van der Waals surface area contributed by atoms with Gasteiger partial charge in [-0.15, -0.1) is 0 Å². The fraction of sp³-hybridized carbons (Fsp3) is 0.500. The molecule has 16 heavy (non-hydrogen) atoms.